The molecule has 0 bridgehead atoms. The van der Waals surface area contributed by atoms with Gasteiger partial charge < -0.3 is 9.84 Å². The van der Waals surface area contributed by atoms with E-state index in [1.165, 1.54) is 31.4 Å². The number of carbonyl (C=O) groups is 2. The third-order valence-electron chi connectivity index (χ3n) is 6.11. The average Bonchev–Trinajstić information content (AvgIpc) is 3.17. The molecule has 0 spiro atoms. The Balaban J connectivity index is 2.05. The van der Waals surface area contributed by atoms with Crippen molar-refractivity contribution in [1.82, 2.24) is 0 Å². The number of esters is 1. The number of carbonyl (C=O) groups excluding carboxylic acids is 2. The van der Waals surface area contributed by atoms with E-state index < -0.39 is 6.10 Å². The molecule has 3 unspecified atom stereocenters. The maximum atomic E-state index is 13.2. The van der Waals surface area contributed by atoms with E-state index >= 15 is 0 Å². The molecule has 1 aromatic rings. The van der Waals surface area contributed by atoms with E-state index in [-0.39, 0.29) is 17.7 Å². The van der Waals surface area contributed by atoms with Crippen LogP contribution in [0.3, 0.4) is 0 Å². The molecule has 0 heterocycles. The Morgan fingerprint density at radius 2 is 1.97 bits per heavy atom. The third kappa shape index (κ3) is 10.9. The first kappa shape index (κ1) is 30.1. The maximum Gasteiger partial charge on any atom is 0.330 e. The van der Waals surface area contributed by atoms with E-state index in [1.54, 1.807) is 6.08 Å². The number of halogens is 1. The highest BCUT2D eigenvalue weighted by Gasteiger charge is 2.28. The molecule has 1 aliphatic carbocycles. The second-order valence-electron chi connectivity index (χ2n) is 9.25. The van der Waals surface area contributed by atoms with Crippen molar-refractivity contribution in [3.63, 3.8) is 0 Å². The van der Waals surface area contributed by atoms with Crippen LogP contribution in [0.15, 0.2) is 71.2 Å². The van der Waals surface area contributed by atoms with Crippen LogP contribution in [0.5, 0.6) is 0 Å². The number of rotatable bonds is 15. The fourth-order valence-corrected chi connectivity index (χ4v) is 5.15. The molecular weight excluding hydrogens is 492 g/mol. The summed E-state index contributed by atoms with van der Waals surface area (Å²) in [5.74, 6) is 0.701. The molecule has 0 amide bonds. The number of aliphatic hydroxyl groups is 1. The summed E-state index contributed by atoms with van der Waals surface area (Å²) in [5.41, 5.74) is 1.87. The van der Waals surface area contributed by atoms with Crippen LogP contribution in [0.1, 0.15) is 64.4 Å². The Kier molecular flexibility index (Phi) is 13.9. The van der Waals surface area contributed by atoms with Crippen LogP contribution in [0, 0.1) is 11.8 Å². The minimum absolute atomic E-state index is 0.0551. The highest BCUT2D eigenvalue weighted by atomic mass is 35.5. The summed E-state index contributed by atoms with van der Waals surface area (Å²) in [6, 6.07) is 7.66. The number of hydrogen-bond acceptors (Lipinski definition) is 5. The SMILES string of the molecule is CCCCC(C)CC(O)C=CC1C=C(SCc2ccc(Cl)cc2)C(=O)C1=CCCCC=CC(=O)OC. The Bertz CT molecular complexity index is 962. The molecule has 0 saturated heterocycles. The lowest BCUT2D eigenvalue weighted by molar-refractivity contribution is -0.134. The monoisotopic (exact) mass is 530 g/mol. The number of benzene rings is 1. The van der Waals surface area contributed by atoms with E-state index in [0.29, 0.717) is 16.7 Å². The Labute approximate surface area is 225 Å². The summed E-state index contributed by atoms with van der Waals surface area (Å²) in [4.78, 5) is 25.2. The maximum absolute atomic E-state index is 13.2. The Hall–Kier alpha value is -2.08. The first-order chi connectivity index (χ1) is 17.3. The number of Topliss-reactive ketones (excluding diaryl/α,β-unsaturated/α-hetero) is 1. The molecular formula is C30H39ClO4S. The number of ether oxygens (including phenoxy) is 1. The highest BCUT2D eigenvalue weighted by molar-refractivity contribution is 8.03. The van der Waals surface area contributed by atoms with Gasteiger partial charge in [-0.3, -0.25) is 4.79 Å². The average molecular weight is 531 g/mol. The van der Waals surface area contributed by atoms with E-state index in [4.69, 9.17) is 11.6 Å². The van der Waals surface area contributed by atoms with Crippen LogP contribution in [-0.4, -0.2) is 30.1 Å². The minimum atomic E-state index is -0.518. The van der Waals surface area contributed by atoms with Crippen molar-refractivity contribution in [2.45, 2.75) is 70.7 Å². The van der Waals surface area contributed by atoms with Gasteiger partial charge in [0, 0.05) is 28.3 Å². The Morgan fingerprint density at radius 3 is 2.67 bits per heavy atom. The summed E-state index contributed by atoms with van der Waals surface area (Å²) in [7, 11) is 1.36. The largest absolute Gasteiger partial charge is 0.466 e. The van der Waals surface area contributed by atoms with E-state index in [2.05, 4.69) is 18.6 Å². The van der Waals surface area contributed by atoms with Crippen LogP contribution in [0.4, 0.5) is 0 Å². The molecule has 0 aliphatic heterocycles. The lowest BCUT2D eigenvalue weighted by Crippen LogP contribution is -2.10. The summed E-state index contributed by atoms with van der Waals surface area (Å²) < 4.78 is 4.60. The predicted molar refractivity (Wildman–Crippen MR) is 151 cm³/mol. The molecule has 2 rings (SSSR count). The zero-order chi connectivity index (χ0) is 26.3. The minimum Gasteiger partial charge on any atom is -0.466 e. The first-order valence-electron chi connectivity index (χ1n) is 12.8. The third-order valence-corrected chi connectivity index (χ3v) is 7.47. The standard InChI is InChI=1S/C30H39ClO4S/c1-4-5-10-22(2)19-26(32)18-15-24-20-28(36-21-23-13-16-25(31)17-14-23)30(34)27(24)11-8-6-7-9-12-29(33)35-3/h9,11-18,20,22,24,26,32H,4-8,10,19,21H2,1-3H3. The molecule has 0 aromatic heterocycles. The molecule has 36 heavy (non-hydrogen) atoms. The van der Waals surface area contributed by atoms with Gasteiger partial charge in [-0.05, 0) is 49.3 Å². The van der Waals surface area contributed by atoms with Gasteiger partial charge in [-0.15, -0.1) is 11.8 Å². The zero-order valence-corrected chi connectivity index (χ0v) is 23.2. The Morgan fingerprint density at radius 1 is 1.22 bits per heavy atom. The van der Waals surface area contributed by atoms with E-state index in [1.807, 2.05) is 48.6 Å². The van der Waals surface area contributed by atoms with Gasteiger partial charge in [0.2, 0.25) is 0 Å². The van der Waals surface area contributed by atoms with Crippen molar-refractivity contribution < 1.29 is 19.4 Å². The number of methoxy groups -OCH3 is 1. The normalized spacial score (nSPS) is 18.8. The molecule has 3 atom stereocenters. The van der Waals surface area contributed by atoms with Crippen LogP contribution < -0.4 is 0 Å². The van der Waals surface area contributed by atoms with Gasteiger partial charge in [0.1, 0.15) is 0 Å². The summed E-state index contributed by atoms with van der Waals surface area (Å²) in [6.45, 7) is 4.36. The van der Waals surface area contributed by atoms with Crippen molar-refractivity contribution in [1.29, 1.82) is 0 Å². The van der Waals surface area contributed by atoms with Crippen LogP contribution >= 0.6 is 23.4 Å². The molecule has 1 N–H and O–H groups in total. The number of hydrogen-bond donors (Lipinski definition) is 1. The van der Waals surface area contributed by atoms with E-state index in [9.17, 15) is 14.7 Å². The number of thioether (sulfide) groups is 1. The number of aliphatic hydroxyl groups excluding tert-OH is 1. The molecule has 0 saturated carbocycles. The van der Waals surface area contributed by atoms with Crippen molar-refractivity contribution in [3.05, 3.63) is 81.8 Å². The van der Waals surface area contributed by atoms with Crippen LogP contribution in [0.25, 0.3) is 0 Å². The van der Waals surface area contributed by atoms with Crippen molar-refractivity contribution >= 4 is 35.1 Å². The first-order valence-corrected chi connectivity index (χ1v) is 14.1. The molecule has 6 heteroatoms. The quantitative estimate of drug-likeness (QED) is 0.109. The lowest BCUT2D eigenvalue weighted by atomic mass is 9.95. The van der Waals surface area contributed by atoms with Gasteiger partial charge >= 0.3 is 5.97 Å². The highest BCUT2D eigenvalue weighted by Crippen LogP contribution is 2.36. The van der Waals surface area contributed by atoms with Gasteiger partial charge in [-0.1, -0.05) is 87.2 Å². The van der Waals surface area contributed by atoms with Crippen LogP contribution in [0.2, 0.25) is 5.02 Å². The van der Waals surface area contributed by atoms with Crippen molar-refractivity contribution in [2.75, 3.05) is 7.11 Å². The summed E-state index contributed by atoms with van der Waals surface area (Å²) >= 11 is 7.52. The summed E-state index contributed by atoms with van der Waals surface area (Å²) in [6.07, 6.45) is 17.0. The fraction of sp³-hybridized carbons (Fsp3) is 0.467. The van der Waals surface area contributed by atoms with Gasteiger partial charge in [0.25, 0.3) is 0 Å². The summed E-state index contributed by atoms with van der Waals surface area (Å²) in [5, 5.41) is 11.2. The van der Waals surface area contributed by atoms with Crippen LogP contribution in [-0.2, 0) is 20.1 Å². The van der Waals surface area contributed by atoms with Gasteiger partial charge in [0.05, 0.1) is 18.1 Å². The topological polar surface area (TPSA) is 63.6 Å². The number of allylic oxidation sites excluding steroid dienone is 6. The van der Waals surface area contributed by atoms with Crippen molar-refractivity contribution in [2.24, 2.45) is 11.8 Å². The molecule has 196 valence electrons. The molecule has 1 aliphatic rings. The lowest BCUT2D eigenvalue weighted by Gasteiger charge is -2.14. The molecule has 0 radical (unpaired) electrons. The van der Waals surface area contributed by atoms with Gasteiger partial charge in [0.15, 0.2) is 5.78 Å². The van der Waals surface area contributed by atoms with Crippen molar-refractivity contribution in [3.8, 4) is 0 Å². The fourth-order valence-electron chi connectivity index (χ4n) is 4.02. The second-order valence-corrected chi connectivity index (χ2v) is 10.7. The second kappa shape index (κ2) is 16.6. The number of unbranched alkanes of at least 4 members (excludes halogenated alkanes) is 3. The molecule has 0 fully saturated rings. The molecule has 1 aromatic carbocycles. The zero-order valence-electron chi connectivity index (χ0n) is 21.6. The van der Waals surface area contributed by atoms with E-state index in [0.717, 1.165) is 54.6 Å². The predicted octanol–water partition coefficient (Wildman–Crippen LogP) is 7.62. The van der Waals surface area contributed by atoms with Gasteiger partial charge in [-0.2, -0.15) is 0 Å². The van der Waals surface area contributed by atoms with Gasteiger partial charge in [-0.25, -0.2) is 4.79 Å². The number of ketones is 1. The molecule has 4 nitrogen and oxygen atoms in total. The smallest absolute Gasteiger partial charge is 0.330 e.